The van der Waals surface area contributed by atoms with Crippen molar-refractivity contribution in [3.63, 3.8) is 0 Å². The average Bonchev–Trinajstić information content (AvgIpc) is 2.75. The smallest absolute Gasteiger partial charge is 0.195 e. The first-order valence-corrected chi connectivity index (χ1v) is 9.47. The molecule has 0 spiro atoms. The summed E-state index contributed by atoms with van der Waals surface area (Å²) in [7, 11) is 3.25. The Balaban J connectivity index is 2.11. The minimum absolute atomic E-state index is 0.445. The Morgan fingerprint density at radius 3 is 1.55 bits per heavy atom. The van der Waals surface area contributed by atoms with Crippen LogP contribution in [0.1, 0.15) is 24.0 Å². The van der Waals surface area contributed by atoms with Gasteiger partial charge in [-0.25, -0.2) is 0 Å². The van der Waals surface area contributed by atoms with Gasteiger partial charge in [-0.15, -0.1) is 0 Å². The lowest BCUT2D eigenvalue weighted by Gasteiger charge is -2.40. The van der Waals surface area contributed by atoms with Crippen molar-refractivity contribution in [2.24, 2.45) is 5.73 Å². The molecule has 2 atom stereocenters. The summed E-state index contributed by atoms with van der Waals surface area (Å²) in [4.78, 5) is 0. The quantitative estimate of drug-likeness (QED) is 0.567. The molecule has 0 aliphatic carbocycles. The van der Waals surface area contributed by atoms with Crippen LogP contribution >= 0.6 is 0 Å². The molecule has 0 saturated heterocycles. The summed E-state index contributed by atoms with van der Waals surface area (Å²) in [6, 6.07) is 24.5. The predicted octanol–water partition coefficient (Wildman–Crippen LogP) is 3.95. The first-order chi connectivity index (χ1) is 14.0. The molecule has 0 aromatic heterocycles. The van der Waals surface area contributed by atoms with Crippen LogP contribution in [0.5, 0.6) is 17.2 Å². The summed E-state index contributed by atoms with van der Waals surface area (Å²) in [5.41, 5.74) is 7.17. The molecule has 0 amide bonds. The zero-order valence-electron chi connectivity index (χ0n) is 16.9. The molecule has 3 rings (SSSR count). The van der Waals surface area contributed by atoms with Gasteiger partial charge in [0.2, 0.25) is 0 Å². The third-order valence-electron chi connectivity index (χ3n) is 5.04. The lowest BCUT2D eigenvalue weighted by Crippen LogP contribution is -2.59. The van der Waals surface area contributed by atoms with Gasteiger partial charge in [0.25, 0.3) is 0 Å². The molecule has 29 heavy (non-hydrogen) atoms. The number of hydrogen-bond donors (Lipinski definition) is 2. The summed E-state index contributed by atoms with van der Waals surface area (Å²) in [6.45, 7) is 1.64. The van der Waals surface area contributed by atoms with Crippen LogP contribution in [0.15, 0.2) is 78.9 Å². The molecule has 0 aliphatic heterocycles. The fraction of sp³-hybridized carbons (Fsp3) is 0.250. The average molecular weight is 393 g/mol. The SMILES string of the molecule is COc1ccc(C(c2ccc(OC)cc2)C(N)(Oc2ccccc2)C(C)O)cc1. The molecular formula is C24H27NO4. The molecule has 3 aromatic carbocycles. The van der Waals surface area contributed by atoms with Crippen LogP contribution in [0.2, 0.25) is 0 Å². The van der Waals surface area contributed by atoms with Crippen LogP contribution in [-0.4, -0.2) is 31.2 Å². The highest BCUT2D eigenvalue weighted by Gasteiger charge is 2.44. The van der Waals surface area contributed by atoms with Gasteiger partial charge in [-0.3, -0.25) is 5.73 Å². The molecule has 0 bridgehead atoms. The van der Waals surface area contributed by atoms with Crippen molar-refractivity contribution in [1.82, 2.24) is 0 Å². The fourth-order valence-electron chi connectivity index (χ4n) is 3.38. The third kappa shape index (κ3) is 4.53. The molecule has 5 heteroatoms. The monoisotopic (exact) mass is 393 g/mol. The van der Waals surface area contributed by atoms with Crippen LogP contribution in [0.4, 0.5) is 0 Å². The first-order valence-electron chi connectivity index (χ1n) is 9.47. The zero-order valence-corrected chi connectivity index (χ0v) is 16.9. The van der Waals surface area contributed by atoms with Crippen molar-refractivity contribution in [2.45, 2.75) is 24.7 Å². The molecule has 0 saturated carbocycles. The van der Waals surface area contributed by atoms with Gasteiger partial charge in [-0.2, -0.15) is 0 Å². The van der Waals surface area contributed by atoms with Gasteiger partial charge < -0.3 is 19.3 Å². The second-order valence-electron chi connectivity index (χ2n) is 6.92. The van der Waals surface area contributed by atoms with Crippen LogP contribution in [-0.2, 0) is 0 Å². The van der Waals surface area contributed by atoms with E-state index in [2.05, 4.69) is 0 Å². The summed E-state index contributed by atoms with van der Waals surface area (Å²) in [5, 5.41) is 10.7. The minimum atomic E-state index is -1.41. The fourth-order valence-corrected chi connectivity index (χ4v) is 3.38. The Kier molecular flexibility index (Phi) is 6.42. The molecule has 0 radical (unpaired) electrons. The van der Waals surface area contributed by atoms with E-state index < -0.39 is 17.7 Å². The van der Waals surface area contributed by atoms with E-state index >= 15 is 0 Å². The minimum Gasteiger partial charge on any atom is -0.497 e. The van der Waals surface area contributed by atoms with Crippen molar-refractivity contribution < 1.29 is 19.3 Å². The number of methoxy groups -OCH3 is 2. The van der Waals surface area contributed by atoms with Gasteiger partial charge in [0.15, 0.2) is 5.72 Å². The van der Waals surface area contributed by atoms with Crippen LogP contribution in [0.3, 0.4) is 0 Å². The molecule has 5 nitrogen and oxygen atoms in total. The number of aliphatic hydroxyl groups excluding tert-OH is 1. The summed E-state index contributed by atoms with van der Waals surface area (Å²) in [5.74, 6) is 1.62. The molecule has 2 unspecified atom stereocenters. The molecule has 3 N–H and O–H groups in total. The second-order valence-corrected chi connectivity index (χ2v) is 6.92. The Bertz CT molecular complexity index is 847. The van der Waals surface area contributed by atoms with E-state index in [0.717, 1.165) is 22.6 Å². The van der Waals surface area contributed by atoms with Gasteiger partial charge in [-0.05, 0) is 54.4 Å². The topological polar surface area (TPSA) is 73.9 Å². The highest BCUT2D eigenvalue weighted by atomic mass is 16.5. The Morgan fingerprint density at radius 2 is 1.17 bits per heavy atom. The highest BCUT2D eigenvalue weighted by Crippen LogP contribution is 2.38. The number of ether oxygens (including phenoxy) is 3. The Hall–Kier alpha value is -3.02. The van der Waals surface area contributed by atoms with Crippen LogP contribution in [0.25, 0.3) is 0 Å². The third-order valence-corrected chi connectivity index (χ3v) is 5.04. The van der Waals surface area contributed by atoms with E-state index in [0.29, 0.717) is 5.75 Å². The maximum absolute atomic E-state index is 10.7. The van der Waals surface area contributed by atoms with Crippen molar-refractivity contribution in [3.8, 4) is 17.2 Å². The highest BCUT2D eigenvalue weighted by molar-refractivity contribution is 5.41. The summed E-state index contributed by atoms with van der Waals surface area (Å²) >= 11 is 0. The van der Waals surface area contributed by atoms with E-state index in [9.17, 15) is 5.11 Å². The predicted molar refractivity (Wildman–Crippen MR) is 114 cm³/mol. The van der Waals surface area contributed by atoms with Gasteiger partial charge in [0, 0.05) is 0 Å². The molecule has 152 valence electrons. The number of benzene rings is 3. The van der Waals surface area contributed by atoms with E-state index in [4.69, 9.17) is 19.9 Å². The molecule has 0 heterocycles. The van der Waals surface area contributed by atoms with Gasteiger partial charge >= 0.3 is 0 Å². The van der Waals surface area contributed by atoms with Crippen molar-refractivity contribution in [2.75, 3.05) is 14.2 Å². The van der Waals surface area contributed by atoms with Gasteiger partial charge in [0.1, 0.15) is 23.4 Å². The van der Waals surface area contributed by atoms with E-state index in [-0.39, 0.29) is 0 Å². The lowest BCUT2D eigenvalue weighted by molar-refractivity contribution is -0.0523. The number of aliphatic hydroxyl groups is 1. The number of hydrogen-bond acceptors (Lipinski definition) is 5. The lowest BCUT2D eigenvalue weighted by atomic mass is 9.80. The Morgan fingerprint density at radius 1 is 0.724 bits per heavy atom. The standard InChI is InChI=1S/C24H27NO4/c1-17(26)24(25,29-22-7-5-4-6-8-22)23(18-9-13-20(27-2)14-10-18)19-11-15-21(28-3)16-12-19/h4-17,23,26H,25H2,1-3H3. The molecular weight excluding hydrogens is 366 g/mol. The van der Waals surface area contributed by atoms with Crippen molar-refractivity contribution in [1.29, 1.82) is 0 Å². The normalized spacial score (nSPS) is 14.1. The number of para-hydroxylation sites is 1. The summed E-state index contributed by atoms with van der Waals surface area (Å²) < 4.78 is 16.8. The maximum atomic E-state index is 10.7. The van der Waals surface area contributed by atoms with Crippen molar-refractivity contribution >= 4 is 0 Å². The van der Waals surface area contributed by atoms with E-state index in [1.807, 2.05) is 78.9 Å². The molecule has 3 aromatic rings. The molecule has 0 aliphatic rings. The van der Waals surface area contributed by atoms with Crippen LogP contribution in [0, 0.1) is 0 Å². The molecule has 0 fully saturated rings. The van der Waals surface area contributed by atoms with Gasteiger partial charge in [-0.1, -0.05) is 42.5 Å². The number of nitrogens with two attached hydrogens (primary N) is 1. The number of rotatable bonds is 8. The van der Waals surface area contributed by atoms with Crippen molar-refractivity contribution in [3.05, 3.63) is 90.0 Å². The largest absolute Gasteiger partial charge is 0.497 e. The van der Waals surface area contributed by atoms with E-state index in [1.54, 1.807) is 21.1 Å². The van der Waals surface area contributed by atoms with Gasteiger partial charge in [0.05, 0.1) is 20.1 Å². The zero-order chi connectivity index (χ0) is 20.9. The summed E-state index contributed by atoms with van der Waals surface area (Å²) in [6.07, 6.45) is -0.961. The maximum Gasteiger partial charge on any atom is 0.195 e. The Labute approximate surface area is 171 Å². The first kappa shape index (κ1) is 20.7. The second kappa shape index (κ2) is 8.99. The van der Waals surface area contributed by atoms with E-state index in [1.165, 1.54) is 0 Å². The van der Waals surface area contributed by atoms with Crippen LogP contribution < -0.4 is 19.9 Å².